The van der Waals surface area contributed by atoms with Crippen LogP contribution in [0.5, 0.6) is 5.75 Å². The number of ether oxygens (including phenoxy) is 1. The fraction of sp³-hybridized carbons (Fsp3) is 0.429. The van der Waals surface area contributed by atoms with Crippen molar-refractivity contribution < 1.29 is 4.74 Å². The number of aromatic nitrogens is 1. The Labute approximate surface area is 96.6 Å². The van der Waals surface area contributed by atoms with Gasteiger partial charge in [0.2, 0.25) is 0 Å². The summed E-state index contributed by atoms with van der Waals surface area (Å²) in [7, 11) is 0. The smallest absolute Gasteiger partial charge is 0.128 e. The quantitative estimate of drug-likeness (QED) is 0.826. The normalized spacial score (nSPS) is 11.9. The van der Waals surface area contributed by atoms with Gasteiger partial charge in [-0.15, -0.1) is 0 Å². The van der Waals surface area contributed by atoms with E-state index in [-0.39, 0.29) is 0 Å². The second-order valence-corrected chi connectivity index (χ2v) is 5.35. The first-order valence-electron chi connectivity index (χ1n) is 5.75. The molecule has 2 aromatic rings. The van der Waals surface area contributed by atoms with Gasteiger partial charge in [-0.1, -0.05) is 26.8 Å². The Morgan fingerprint density at radius 3 is 2.75 bits per heavy atom. The molecule has 2 nitrogen and oxygen atoms in total. The first-order chi connectivity index (χ1) is 7.56. The summed E-state index contributed by atoms with van der Waals surface area (Å²) in [6.45, 7) is 7.46. The standard InChI is InChI=1S/C14H19NO/c1-14(2,3)8-10-16-13-6-4-5-12-11(13)7-9-15-12/h4-7,9,15H,8,10H2,1-3H3. The molecule has 0 radical (unpaired) electrons. The predicted octanol–water partition coefficient (Wildman–Crippen LogP) is 3.98. The van der Waals surface area contributed by atoms with Crippen LogP contribution in [0.4, 0.5) is 0 Å². The van der Waals surface area contributed by atoms with E-state index in [1.165, 1.54) is 0 Å². The van der Waals surface area contributed by atoms with Crippen molar-refractivity contribution in [3.63, 3.8) is 0 Å². The number of aromatic amines is 1. The van der Waals surface area contributed by atoms with E-state index in [0.29, 0.717) is 5.41 Å². The van der Waals surface area contributed by atoms with Crippen LogP contribution < -0.4 is 4.74 Å². The Morgan fingerprint density at radius 2 is 2.00 bits per heavy atom. The molecule has 0 aliphatic carbocycles. The van der Waals surface area contributed by atoms with Gasteiger partial charge < -0.3 is 9.72 Å². The van der Waals surface area contributed by atoms with Crippen LogP contribution >= 0.6 is 0 Å². The third kappa shape index (κ3) is 2.57. The van der Waals surface area contributed by atoms with Crippen LogP contribution in [0.15, 0.2) is 30.5 Å². The van der Waals surface area contributed by atoms with E-state index in [1.807, 2.05) is 18.3 Å². The highest BCUT2D eigenvalue weighted by Gasteiger charge is 2.10. The van der Waals surface area contributed by atoms with E-state index in [1.54, 1.807) is 0 Å². The molecule has 0 aliphatic heterocycles. The molecule has 2 heteroatoms. The van der Waals surface area contributed by atoms with Gasteiger partial charge in [0.1, 0.15) is 5.75 Å². The summed E-state index contributed by atoms with van der Waals surface area (Å²) in [5.74, 6) is 0.975. The monoisotopic (exact) mass is 217 g/mol. The lowest BCUT2D eigenvalue weighted by atomic mass is 9.93. The van der Waals surface area contributed by atoms with Gasteiger partial charge in [0.05, 0.1) is 6.61 Å². The molecule has 0 unspecified atom stereocenters. The molecule has 0 spiro atoms. The lowest BCUT2D eigenvalue weighted by molar-refractivity contribution is 0.245. The van der Waals surface area contributed by atoms with Crippen LogP contribution in [-0.4, -0.2) is 11.6 Å². The molecular formula is C14H19NO. The number of hydrogen-bond donors (Lipinski definition) is 1. The van der Waals surface area contributed by atoms with Crippen LogP contribution in [0.1, 0.15) is 27.2 Å². The summed E-state index contributed by atoms with van der Waals surface area (Å²) in [6, 6.07) is 8.16. The molecule has 1 aromatic heterocycles. The molecule has 1 aromatic carbocycles. The summed E-state index contributed by atoms with van der Waals surface area (Å²) < 4.78 is 5.83. The second-order valence-electron chi connectivity index (χ2n) is 5.35. The minimum absolute atomic E-state index is 0.325. The first-order valence-corrected chi connectivity index (χ1v) is 5.75. The number of benzene rings is 1. The molecule has 2 rings (SSSR count). The van der Waals surface area contributed by atoms with Crippen molar-refractivity contribution in [2.75, 3.05) is 6.61 Å². The van der Waals surface area contributed by atoms with Crippen LogP contribution in [0.3, 0.4) is 0 Å². The molecule has 0 aliphatic rings. The third-order valence-corrected chi connectivity index (χ3v) is 2.66. The maximum atomic E-state index is 5.83. The molecule has 0 bridgehead atoms. The average molecular weight is 217 g/mol. The maximum Gasteiger partial charge on any atom is 0.128 e. The van der Waals surface area contributed by atoms with Crippen molar-refractivity contribution in [2.45, 2.75) is 27.2 Å². The Balaban J connectivity index is 2.07. The van der Waals surface area contributed by atoms with E-state index in [9.17, 15) is 0 Å². The molecule has 0 saturated carbocycles. The number of H-pyrrole nitrogens is 1. The minimum atomic E-state index is 0.325. The largest absolute Gasteiger partial charge is 0.493 e. The summed E-state index contributed by atoms with van der Waals surface area (Å²) >= 11 is 0. The van der Waals surface area contributed by atoms with Crippen molar-refractivity contribution in [3.05, 3.63) is 30.5 Å². The highest BCUT2D eigenvalue weighted by Crippen LogP contribution is 2.26. The molecule has 0 fully saturated rings. The number of fused-ring (bicyclic) bond motifs is 1. The van der Waals surface area contributed by atoms with Crippen molar-refractivity contribution in [1.82, 2.24) is 4.98 Å². The van der Waals surface area contributed by atoms with Crippen molar-refractivity contribution in [1.29, 1.82) is 0 Å². The fourth-order valence-corrected chi connectivity index (χ4v) is 1.65. The predicted molar refractivity (Wildman–Crippen MR) is 67.9 cm³/mol. The van der Waals surface area contributed by atoms with Gasteiger partial charge in [0.15, 0.2) is 0 Å². The van der Waals surface area contributed by atoms with Crippen LogP contribution in [0.25, 0.3) is 10.9 Å². The molecule has 0 amide bonds. The summed E-state index contributed by atoms with van der Waals surface area (Å²) in [5.41, 5.74) is 1.46. The van der Waals surface area contributed by atoms with Gasteiger partial charge in [-0.3, -0.25) is 0 Å². The molecule has 86 valence electrons. The SMILES string of the molecule is CC(C)(C)CCOc1cccc2[nH]ccc12. The first kappa shape index (κ1) is 11.1. The van der Waals surface area contributed by atoms with Gasteiger partial charge in [-0.25, -0.2) is 0 Å². The average Bonchev–Trinajstić information content (AvgIpc) is 2.64. The van der Waals surface area contributed by atoms with Crippen molar-refractivity contribution in [3.8, 4) is 5.75 Å². The van der Waals surface area contributed by atoms with Crippen LogP contribution in [-0.2, 0) is 0 Å². The summed E-state index contributed by atoms with van der Waals surface area (Å²) in [6.07, 6.45) is 3.01. The van der Waals surface area contributed by atoms with E-state index >= 15 is 0 Å². The zero-order valence-corrected chi connectivity index (χ0v) is 10.2. The maximum absolute atomic E-state index is 5.83. The number of hydrogen-bond acceptors (Lipinski definition) is 1. The summed E-state index contributed by atoms with van der Waals surface area (Å²) in [4.78, 5) is 3.19. The minimum Gasteiger partial charge on any atom is -0.493 e. The highest BCUT2D eigenvalue weighted by atomic mass is 16.5. The molecular weight excluding hydrogens is 198 g/mol. The zero-order chi connectivity index (χ0) is 11.6. The zero-order valence-electron chi connectivity index (χ0n) is 10.2. The summed E-state index contributed by atoms with van der Waals surface area (Å²) in [5, 5.41) is 1.16. The molecule has 0 atom stereocenters. The number of nitrogens with one attached hydrogen (secondary N) is 1. The van der Waals surface area contributed by atoms with E-state index < -0.39 is 0 Å². The highest BCUT2D eigenvalue weighted by molar-refractivity contribution is 5.85. The molecule has 1 heterocycles. The van der Waals surface area contributed by atoms with Gasteiger partial charge >= 0.3 is 0 Å². The number of rotatable bonds is 3. The second kappa shape index (κ2) is 4.20. The molecule has 0 saturated heterocycles. The molecule has 1 N–H and O–H groups in total. The Bertz CT molecular complexity index is 465. The van der Waals surface area contributed by atoms with E-state index in [0.717, 1.165) is 29.7 Å². The Morgan fingerprint density at radius 1 is 1.19 bits per heavy atom. The Hall–Kier alpha value is -1.44. The third-order valence-electron chi connectivity index (χ3n) is 2.66. The van der Waals surface area contributed by atoms with Gasteiger partial charge in [0, 0.05) is 17.1 Å². The van der Waals surface area contributed by atoms with Crippen LogP contribution in [0.2, 0.25) is 0 Å². The molecule has 16 heavy (non-hydrogen) atoms. The Kier molecular flexibility index (Phi) is 2.90. The fourth-order valence-electron chi connectivity index (χ4n) is 1.65. The lowest BCUT2D eigenvalue weighted by Gasteiger charge is -2.18. The van der Waals surface area contributed by atoms with Gasteiger partial charge in [0.25, 0.3) is 0 Å². The van der Waals surface area contributed by atoms with Crippen LogP contribution in [0, 0.1) is 5.41 Å². The lowest BCUT2D eigenvalue weighted by Crippen LogP contribution is -2.11. The van der Waals surface area contributed by atoms with Crippen molar-refractivity contribution >= 4 is 10.9 Å². The topological polar surface area (TPSA) is 25.0 Å². The van der Waals surface area contributed by atoms with Crippen molar-refractivity contribution in [2.24, 2.45) is 5.41 Å². The van der Waals surface area contributed by atoms with E-state index in [4.69, 9.17) is 4.74 Å². The van der Waals surface area contributed by atoms with Gasteiger partial charge in [-0.2, -0.15) is 0 Å². The van der Waals surface area contributed by atoms with E-state index in [2.05, 4.69) is 37.9 Å². The van der Waals surface area contributed by atoms with Gasteiger partial charge in [-0.05, 0) is 30.0 Å².